The van der Waals surface area contributed by atoms with Crippen molar-refractivity contribution in [1.29, 1.82) is 0 Å². The Labute approximate surface area is 114 Å². The molecule has 1 aromatic carbocycles. The van der Waals surface area contributed by atoms with Crippen LogP contribution in [0.2, 0.25) is 0 Å². The minimum absolute atomic E-state index is 0.156. The highest BCUT2D eigenvalue weighted by Crippen LogP contribution is 2.33. The van der Waals surface area contributed by atoms with Crippen LogP contribution in [0.5, 0.6) is 5.75 Å². The van der Waals surface area contributed by atoms with Crippen LogP contribution in [-0.4, -0.2) is 19.7 Å². The summed E-state index contributed by atoms with van der Waals surface area (Å²) in [5.74, 6) is 1.83. The van der Waals surface area contributed by atoms with E-state index in [-0.39, 0.29) is 5.82 Å². The van der Waals surface area contributed by atoms with E-state index in [0.29, 0.717) is 11.8 Å². The van der Waals surface area contributed by atoms with Crippen LogP contribution in [0.15, 0.2) is 18.2 Å². The number of benzene rings is 1. The van der Waals surface area contributed by atoms with Crippen molar-refractivity contribution in [3.05, 3.63) is 29.6 Å². The normalized spacial score (nSPS) is 23.9. The van der Waals surface area contributed by atoms with Crippen LogP contribution in [0.25, 0.3) is 0 Å². The van der Waals surface area contributed by atoms with Gasteiger partial charge >= 0.3 is 0 Å². The van der Waals surface area contributed by atoms with Crippen molar-refractivity contribution in [1.82, 2.24) is 5.32 Å². The van der Waals surface area contributed by atoms with Crippen molar-refractivity contribution in [3.8, 4) is 5.75 Å². The van der Waals surface area contributed by atoms with Gasteiger partial charge in [0.05, 0.1) is 6.61 Å². The molecule has 2 fully saturated rings. The molecule has 1 saturated carbocycles. The molecule has 1 aromatic rings. The Hall–Kier alpha value is -1.09. The van der Waals surface area contributed by atoms with E-state index in [2.05, 4.69) is 5.32 Å². The molecule has 1 heterocycles. The third kappa shape index (κ3) is 3.08. The molecule has 104 valence electrons. The van der Waals surface area contributed by atoms with Gasteiger partial charge in [0.1, 0.15) is 11.6 Å². The lowest BCUT2D eigenvalue weighted by Gasteiger charge is -2.28. The summed E-state index contributed by atoms with van der Waals surface area (Å²) in [5, 5.41) is 3.39. The Kier molecular flexibility index (Phi) is 4.02. The Balaban J connectivity index is 1.73. The summed E-state index contributed by atoms with van der Waals surface area (Å²) in [4.78, 5) is 0. The Morgan fingerprint density at radius 3 is 2.79 bits per heavy atom. The molecule has 0 bridgehead atoms. The molecule has 3 rings (SSSR count). The molecule has 2 aliphatic rings. The second-order valence-corrected chi connectivity index (χ2v) is 5.83. The largest absolute Gasteiger partial charge is 0.493 e. The standard InChI is InChI=1S/C16H22FNO/c17-14-6-7-16(19-11-12-3-1-4-12)15(9-14)13-5-2-8-18-10-13/h6-7,9,12-13,18H,1-5,8,10-11H2. The van der Waals surface area contributed by atoms with Gasteiger partial charge in [0.25, 0.3) is 0 Å². The van der Waals surface area contributed by atoms with Crippen molar-refractivity contribution >= 4 is 0 Å². The fourth-order valence-corrected chi connectivity index (χ4v) is 2.95. The van der Waals surface area contributed by atoms with Crippen molar-refractivity contribution in [2.45, 2.75) is 38.0 Å². The summed E-state index contributed by atoms with van der Waals surface area (Å²) < 4.78 is 19.5. The van der Waals surface area contributed by atoms with Crippen LogP contribution < -0.4 is 10.1 Å². The first-order chi connectivity index (χ1) is 9.33. The van der Waals surface area contributed by atoms with Gasteiger partial charge in [-0.25, -0.2) is 4.39 Å². The highest BCUT2D eigenvalue weighted by Gasteiger charge is 2.22. The maximum atomic E-state index is 13.5. The highest BCUT2D eigenvalue weighted by molar-refractivity contribution is 5.37. The first-order valence-corrected chi connectivity index (χ1v) is 7.46. The fourth-order valence-electron chi connectivity index (χ4n) is 2.95. The van der Waals surface area contributed by atoms with Crippen LogP contribution in [0.1, 0.15) is 43.6 Å². The SMILES string of the molecule is Fc1ccc(OCC2CCC2)c(C2CCCNC2)c1. The van der Waals surface area contributed by atoms with E-state index in [1.165, 1.54) is 25.3 Å². The Morgan fingerprint density at radius 1 is 1.21 bits per heavy atom. The van der Waals surface area contributed by atoms with Gasteiger partial charge in [0, 0.05) is 18.0 Å². The third-order valence-corrected chi connectivity index (χ3v) is 4.41. The summed E-state index contributed by atoms with van der Waals surface area (Å²) in [6, 6.07) is 4.97. The van der Waals surface area contributed by atoms with Gasteiger partial charge in [0.2, 0.25) is 0 Å². The predicted molar refractivity (Wildman–Crippen MR) is 74.1 cm³/mol. The van der Waals surface area contributed by atoms with Crippen molar-refractivity contribution in [2.75, 3.05) is 19.7 Å². The Bertz CT molecular complexity index is 425. The minimum Gasteiger partial charge on any atom is -0.493 e. The van der Waals surface area contributed by atoms with Crippen LogP contribution in [0, 0.1) is 11.7 Å². The average Bonchev–Trinajstić information content (AvgIpc) is 2.39. The second kappa shape index (κ2) is 5.91. The first-order valence-electron chi connectivity index (χ1n) is 7.46. The topological polar surface area (TPSA) is 21.3 Å². The lowest BCUT2D eigenvalue weighted by molar-refractivity contribution is 0.178. The zero-order valence-electron chi connectivity index (χ0n) is 11.3. The molecule has 1 saturated heterocycles. The van der Waals surface area contributed by atoms with Gasteiger partial charge < -0.3 is 10.1 Å². The molecule has 0 amide bonds. The zero-order valence-corrected chi connectivity index (χ0v) is 11.3. The van der Waals surface area contributed by atoms with Gasteiger partial charge in [-0.2, -0.15) is 0 Å². The lowest BCUT2D eigenvalue weighted by Crippen LogP contribution is -2.29. The van der Waals surface area contributed by atoms with Crippen LogP contribution >= 0.6 is 0 Å². The number of nitrogens with one attached hydrogen (secondary N) is 1. The molecule has 3 heteroatoms. The zero-order chi connectivity index (χ0) is 13.1. The second-order valence-electron chi connectivity index (χ2n) is 5.83. The molecule has 0 aromatic heterocycles. The highest BCUT2D eigenvalue weighted by atomic mass is 19.1. The Morgan fingerprint density at radius 2 is 2.11 bits per heavy atom. The van der Waals surface area contributed by atoms with Gasteiger partial charge in [-0.15, -0.1) is 0 Å². The van der Waals surface area contributed by atoms with Crippen molar-refractivity contribution < 1.29 is 9.13 Å². The third-order valence-electron chi connectivity index (χ3n) is 4.41. The molecule has 19 heavy (non-hydrogen) atoms. The van der Waals surface area contributed by atoms with E-state index in [4.69, 9.17) is 4.74 Å². The first kappa shape index (κ1) is 12.9. The monoisotopic (exact) mass is 263 g/mol. The lowest BCUT2D eigenvalue weighted by atomic mass is 9.86. The summed E-state index contributed by atoms with van der Waals surface area (Å²) in [7, 11) is 0. The smallest absolute Gasteiger partial charge is 0.123 e. The van der Waals surface area contributed by atoms with E-state index >= 15 is 0 Å². The molecule has 2 nitrogen and oxygen atoms in total. The quantitative estimate of drug-likeness (QED) is 0.898. The summed E-state index contributed by atoms with van der Waals surface area (Å²) >= 11 is 0. The van der Waals surface area contributed by atoms with Crippen molar-refractivity contribution in [3.63, 3.8) is 0 Å². The summed E-state index contributed by atoms with van der Waals surface area (Å²) in [5.41, 5.74) is 1.05. The van der Waals surface area contributed by atoms with E-state index < -0.39 is 0 Å². The van der Waals surface area contributed by atoms with Gasteiger partial charge in [0.15, 0.2) is 0 Å². The van der Waals surface area contributed by atoms with Crippen LogP contribution in [0.3, 0.4) is 0 Å². The van der Waals surface area contributed by atoms with Gasteiger partial charge in [-0.1, -0.05) is 6.42 Å². The molecular formula is C16H22FNO. The fraction of sp³-hybridized carbons (Fsp3) is 0.625. The summed E-state index contributed by atoms with van der Waals surface area (Å²) in [6.07, 6.45) is 6.17. The molecule has 1 aliphatic carbocycles. The van der Waals surface area contributed by atoms with Crippen LogP contribution in [-0.2, 0) is 0 Å². The molecule has 1 unspecified atom stereocenters. The number of hydrogen-bond donors (Lipinski definition) is 1. The number of halogens is 1. The van der Waals surface area contributed by atoms with E-state index in [1.807, 2.05) is 0 Å². The summed E-state index contributed by atoms with van der Waals surface area (Å²) in [6.45, 7) is 2.80. The van der Waals surface area contributed by atoms with Crippen molar-refractivity contribution in [2.24, 2.45) is 5.92 Å². The number of rotatable bonds is 4. The van der Waals surface area contributed by atoms with E-state index in [1.54, 1.807) is 12.1 Å². The number of hydrogen-bond acceptors (Lipinski definition) is 2. The van der Waals surface area contributed by atoms with Crippen LogP contribution in [0.4, 0.5) is 4.39 Å². The maximum Gasteiger partial charge on any atom is 0.123 e. The van der Waals surface area contributed by atoms with Gasteiger partial charge in [-0.3, -0.25) is 0 Å². The molecule has 1 aliphatic heterocycles. The number of ether oxygens (including phenoxy) is 1. The molecule has 1 atom stereocenters. The van der Waals surface area contributed by atoms with E-state index in [9.17, 15) is 4.39 Å². The predicted octanol–water partition coefficient (Wildman–Crippen LogP) is 3.47. The molecule has 0 spiro atoms. The van der Waals surface area contributed by atoms with Gasteiger partial charge in [-0.05, 0) is 56.3 Å². The molecular weight excluding hydrogens is 241 g/mol. The average molecular weight is 263 g/mol. The minimum atomic E-state index is -0.156. The van der Waals surface area contributed by atoms with E-state index in [0.717, 1.165) is 43.9 Å². The molecule has 1 N–H and O–H groups in total. The maximum absolute atomic E-state index is 13.5. The number of piperidine rings is 1. The molecule has 0 radical (unpaired) electrons.